The van der Waals surface area contributed by atoms with Gasteiger partial charge in [0.05, 0.1) is 5.41 Å². The lowest BCUT2D eigenvalue weighted by Gasteiger charge is -2.46. The van der Waals surface area contributed by atoms with Gasteiger partial charge in [-0.1, -0.05) is 19.3 Å². The zero-order chi connectivity index (χ0) is 21.5. The zero-order valence-corrected chi connectivity index (χ0v) is 18.6. The number of nitrogens with zero attached hydrogens (tertiary/aromatic N) is 5. The minimum atomic E-state index is -0.396. The second-order valence-corrected chi connectivity index (χ2v) is 10.0. The molecule has 5 rings (SSSR count). The van der Waals surface area contributed by atoms with Crippen molar-refractivity contribution in [1.29, 1.82) is 0 Å². The van der Waals surface area contributed by atoms with Crippen molar-refractivity contribution in [3.05, 3.63) is 18.5 Å². The topological polar surface area (TPSA) is 81.7 Å². The first-order valence-corrected chi connectivity index (χ1v) is 11.9. The number of hydrogen-bond acceptors (Lipinski definition) is 5. The number of anilines is 1. The smallest absolute Gasteiger partial charge is 0.317 e. The molecule has 2 spiro atoms. The van der Waals surface area contributed by atoms with E-state index in [0.717, 1.165) is 45.2 Å². The summed E-state index contributed by atoms with van der Waals surface area (Å²) in [5.41, 5.74) is -0.525. The molecule has 3 saturated heterocycles. The molecule has 4 aliphatic rings. The number of urea groups is 1. The molecule has 31 heavy (non-hydrogen) atoms. The van der Waals surface area contributed by atoms with E-state index in [9.17, 15) is 9.59 Å². The largest absolute Gasteiger partial charge is 0.345 e. The van der Waals surface area contributed by atoms with Crippen molar-refractivity contribution in [1.82, 2.24) is 25.1 Å². The highest BCUT2D eigenvalue weighted by Crippen LogP contribution is 2.58. The predicted molar refractivity (Wildman–Crippen MR) is 118 cm³/mol. The number of carbonyl (C=O) groups excluding carboxylic acids is 2. The Morgan fingerprint density at radius 2 is 1.74 bits per heavy atom. The van der Waals surface area contributed by atoms with Gasteiger partial charge in [-0.05, 0) is 38.2 Å². The van der Waals surface area contributed by atoms with E-state index in [2.05, 4.69) is 20.2 Å². The van der Waals surface area contributed by atoms with Gasteiger partial charge in [0, 0.05) is 63.6 Å². The molecule has 1 N–H and O–H groups in total. The van der Waals surface area contributed by atoms with Gasteiger partial charge in [-0.25, -0.2) is 14.8 Å². The van der Waals surface area contributed by atoms with Crippen molar-refractivity contribution in [3.63, 3.8) is 0 Å². The molecule has 0 unspecified atom stereocenters. The summed E-state index contributed by atoms with van der Waals surface area (Å²) in [5.74, 6) is 0.963. The van der Waals surface area contributed by atoms with E-state index >= 15 is 0 Å². The SMILES string of the molecule is CN1CC[C@@]2(CN(c3ncccn3)CC23CCN(C(=O)NC2CCCCC2)CC3)C1=O. The first-order chi connectivity index (χ1) is 15.0. The van der Waals surface area contributed by atoms with Crippen LogP contribution >= 0.6 is 0 Å². The lowest BCUT2D eigenvalue weighted by atomic mass is 9.60. The molecule has 168 valence electrons. The fourth-order valence-electron chi connectivity index (χ4n) is 6.52. The lowest BCUT2D eigenvalue weighted by molar-refractivity contribution is -0.140. The van der Waals surface area contributed by atoms with Crippen molar-refractivity contribution in [2.24, 2.45) is 10.8 Å². The van der Waals surface area contributed by atoms with Crippen LogP contribution in [0.4, 0.5) is 10.7 Å². The van der Waals surface area contributed by atoms with Crippen LogP contribution in [-0.4, -0.2) is 77.5 Å². The molecule has 1 aliphatic carbocycles. The standard InChI is InChI=1S/C23H34N6O2/c1-27-13-10-23(19(27)30)17-29(20-24-11-5-12-25-20)16-22(23)8-14-28(15-9-22)21(31)26-18-6-3-2-4-7-18/h5,11-12,18H,2-4,6-10,13-17H2,1H3,(H,26,31)/t23-/m1/s1. The Morgan fingerprint density at radius 1 is 1.03 bits per heavy atom. The molecule has 3 aliphatic heterocycles. The number of amides is 3. The third-order valence-corrected chi connectivity index (χ3v) is 8.38. The number of hydrogen-bond donors (Lipinski definition) is 1. The molecule has 3 amide bonds. The van der Waals surface area contributed by atoms with Gasteiger partial charge < -0.3 is 20.0 Å². The molecule has 1 saturated carbocycles. The van der Waals surface area contributed by atoms with Crippen molar-refractivity contribution in [3.8, 4) is 0 Å². The van der Waals surface area contributed by atoms with Crippen molar-refractivity contribution in [2.45, 2.75) is 57.4 Å². The number of likely N-dealkylation sites (tertiary alicyclic amines) is 2. The van der Waals surface area contributed by atoms with Crippen LogP contribution in [-0.2, 0) is 4.79 Å². The van der Waals surface area contributed by atoms with Gasteiger partial charge >= 0.3 is 6.03 Å². The van der Waals surface area contributed by atoms with E-state index in [1.165, 1.54) is 19.3 Å². The van der Waals surface area contributed by atoms with Gasteiger partial charge in [-0.15, -0.1) is 0 Å². The van der Waals surface area contributed by atoms with E-state index in [0.29, 0.717) is 31.6 Å². The van der Waals surface area contributed by atoms with E-state index in [4.69, 9.17) is 0 Å². The summed E-state index contributed by atoms with van der Waals surface area (Å²) in [5, 5.41) is 3.26. The predicted octanol–water partition coefficient (Wildman–Crippen LogP) is 2.27. The molecule has 4 fully saturated rings. The Kier molecular flexibility index (Phi) is 5.26. The van der Waals surface area contributed by atoms with E-state index in [1.54, 1.807) is 12.4 Å². The van der Waals surface area contributed by atoms with Crippen LogP contribution in [0.2, 0.25) is 0 Å². The van der Waals surface area contributed by atoms with E-state index < -0.39 is 5.41 Å². The number of carbonyl (C=O) groups is 2. The van der Waals surface area contributed by atoms with Gasteiger partial charge in [0.1, 0.15) is 0 Å². The maximum atomic E-state index is 13.4. The maximum absolute atomic E-state index is 13.4. The van der Waals surface area contributed by atoms with Crippen molar-refractivity contribution >= 4 is 17.9 Å². The van der Waals surface area contributed by atoms with E-state index in [-0.39, 0.29) is 17.4 Å². The molecule has 0 radical (unpaired) electrons. The molecule has 1 aromatic heterocycles. The summed E-state index contributed by atoms with van der Waals surface area (Å²) in [7, 11) is 1.92. The second kappa shape index (κ2) is 7.95. The summed E-state index contributed by atoms with van der Waals surface area (Å²) in [4.78, 5) is 41.3. The fraction of sp³-hybridized carbons (Fsp3) is 0.739. The zero-order valence-electron chi connectivity index (χ0n) is 18.6. The van der Waals surface area contributed by atoms with Crippen LogP contribution in [0.5, 0.6) is 0 Å². The normalized spacial score (nSPS) is 28.7. The molecule has 1 atom stereocenters. The minimum absolute atomic E-state index is 0.0758. The van der Waals surface area contributed by atoms with Crippen LogP contribution in [0.25, 0.3) is 0 Å². The maximum Gasteiger partial charge on any atom is 0.317 e. The lowest BCUT2D eigenvalue weighted by Crippen LogP contribution is -2.55. The van der Waals surface area contributed by atoms with Crippen LogP contribution in [0.3, 0.4) is 0 Å². The average Bonchev–Trinajstić information content (AvgIpc) is 3.28. The molecular formula is C23H34N6O2. The minimum Gasteiger partial charge on any atom is -0.345 e. The van der Waals surface area contributed by atoms with Gasteiger partial charge in [0.25, 0.3) is 0 Å². The molecular weight excluding hydrogens is 392 g/mol. The van der Waals surface area contributed by atoms with Crippen LogP contribution in [0.1, 0.15) is 51.4 Å². The second-order valence-electron chi connectivity index (χ2n) is 10.0. The van der Waals surface area contributed by atoms with E-state index in [1.807, 2.05) is 22.9 Å². The van der Waals surface area contributed by atoms with Crippen molar-refractivity contribution in [2.75, 3.05) is 44.7 Å². The highest BCUT2D eigenvalue weighted by molar-refractivity contribution is 5.87. The first-order valence-electron chi connectivity index (χ1n) is 11.9. The first kappa shape index (κ1) is 20.5. The van der Waals surface area contributed by atoms with Crippen LogP contribution < -0.4 is 10.2 Å². The van der Waals surface area contributed by atoms with Gasteiger partial charge in [0.15, 0.2) is 0 Å². The van der Waals surface area contributed by atoms with Gasteiger partial charge in [-0.3, -0.25) is 4.79 Å². The summed E-state index contributed by atoms with van der Waals surface area (Å²) in [6, 6.07) is 2.22. The number of fused-ring (bicyclic) bond motifs is 1. The number of nitrogens with one attached hydrogen (secondary N) is 1. The number of rotatable bonds is 2. The van der Waals surface area contributed by atoms with Gasteiger partial charge in [-0.2, -0.15) is 0 Å². The number of aromatic nitrogens is 2. The monoisotopic (exact) mass is 426 g/mol. The average molecular weight is 427 g/mol. The fourth-order valence-corrected chi connectivity index (χ4v) is 6.52. The Bertz CT molecular complexity index is 819. The summed E-state index contributed by atoms with van der Waals surface area (Å²) < 4.78 is 0. The van der Waals surface area contributed by atoms with Crippen LogP contribution in [0, 0.1) is 10.8 Å². The number of piperidine rings is 1. The Hall–Kier alpha value is -2.38. The van der Waals surface area contributed by atoms with Crippen LogP contribution in [0.15, 0.2) is 18.5 Å². The third-order valence-electron chi connectivity index (χ3n) is 8.38. The van der Waals surface area contributed by atoms with Crippen molar-refractivity contribution < 1.29 is 9.59 Å². The van der Waals surface area contributed by atoms with Gasteiger partial charge in [0.2, 0.25) is 11.9 Å². The quantitative estimate of drug-likeness (QED) is 0.785. The summed E-state index contributed by atoms with van der Waals surface area (Å²) >= 11 is 0. The molecule has 1 aromatic rings. The molecule has 4 heterocycles. The highest BCUT2D eigenvalue weighted by Gasteiger charge is 2.65. The Labute approximate surface area is 184 Å². The highest BCUT2D eigenvalue weighted by atomic mass is 16.2. The third kappa shape index (κ3) is 3.44. The molecule has 8 heteroatoms. The molecule has 0 aromatic carbocycles. The Balaban J connectivity index is 1.32. The molecule has 0 bridgehead atoms. The Morgan fingerprint density at radius 3 is 2.39 bits per heavy atom. The summed E-state index contributed by atoms with van der Waals surface area (Å²) in [6.07, 6.45) is 12.0. The summed E-state index contributed by atoms with van der Waals surface area (Å²) in [6.45, 7) is 3.68. The molecule has 8 nitrogen and oxygen atoms in total.